The fourth-order valence-corrected chi connectivity index (χ4v) is 7.16. The van der Waals surface area contributed by atoms with Gasteiger partial charge in [-0.2, -0.15) is 0 Å². The number of benzene rings is 1. The zero-order chi connectivity index (χ0) is 38.9. The molecule has 0 radical (unpaired) electrons. The third-order valence-electron chi connectivity index (χ3n) is 10.3. The van der Waals surface area contributed by atoms with Crippen molar-refractivity contribution in [1.82, 2.24) is 31.1 Å². The molecule has 6 amide bonds. The van der Waals surface area contributed by atoms with E-state index in [4.69, 9.17) is 4.74 Å². The SMILES string of the molecule is CN(C)C(=O)[C@@H](NC(=O)CNC(=O)C(O)C(CC1CC1)NC(=O)[C@@H]1C2C(CN1C(=O)C(NC(=O)OC(C)(C)C)C(C)(C)C)C2(C)C)c1ccccc1. The second kappa shape index (κ2) is 15.4. The molecule has 1 aliphatic heterocycles. The molecule has 0 bridgehead atoms. The minimum absolute atomic E-state index is 0.0575. The monoisotopic (exact) mass is 726 g/mol. The Morgan fingerprint density at radius 2 is 1.58 bits per heavy atom. The van der Waals surface area contributed by atoms with E-state index in [1.807, 2.05) is 34.6 Å². The first-order valence-corrected chi connectivity index (χ1v) is 18.1. The number of nitrogens with zero attached hydrogens (tertiary/aromatic N) is 2. The Bertz CT molecular complexity index is 1510. The fraction of sp³-hybridized carbons (Fsp3) is 0.684. The zero-order valence-corrected chi connectivity index (χ0v) is 32.2. The molecular formula is C38H58N6O8. The summed E-state index contributed by atoms with van der Waals surface area (Å²) in [4.78, 5) is 83.1. The molecular weight excluding hydrogens is 668 g/mol. The molecule has 1 aromatic rings. The third kappa shape index (κ3) is 9.81. The molecule has 5 unspecified atom stereocenters. The van der Waals surface area contributed by atoms with Crippen molar-refractivity contribution in [2.75, 3.05) is 27.2 Å². The zero-order valence-electron chi connectivity index (χ0n) is 32.2. The van der Waals surface area contributed by atoms with E-state index < -0.39 is 77.6 Å². The summed E-state index contributed by atoms with van der Waals surface area (Å²) >= 11 is 0. The van der Waals surface area contributed by atoms with Crippen LogP contribution in [0, 0.1) is 28.6 Å². The second-order valence-electron chi connectivity index (χ2n) is 17.4. The maximum atomic E-state index is 14.2. The Kier molecular flexibility index (Phi) is 12.0. The lowest BCUT2D eigenvalue weighted by atomic mass is 9.85. The van der Waals surface area contributed by atoms with Crippen molar-refractivity contribution in [1.29, 1.82) is 0 Å². The number of ether oxygens (including phenoxy) is 1. The lowest BCUT2D eigenvalue weighted by molar-refractivity contribution is -0.145. The molecule has 5 N–H and O–H groups in total. The minimum Gasteiger partial charge on any atom is -0.444 e. The molecule has 3 aliphatic rings. The summed E-state index contributed by atoms with van der Waals surface area (Å²) in [7, 11) is 3.15. The van der Waals surface area contributed by atoms with Gasteiger partial charge in [-0.05, 0) is 61.3 Å². The number of likely N-dealkylation sites (N-methyl/N-ethyl adjacent to an activating group) is 1. The largest absolute Gasteiger partial charge is 0.444 e. The normalized spacial score (nSPS) is 22.8. The highest BCUT2D eigenvalue weighted by molar-refractivity contribution is 5.94. The smallest absolute Gasteiger partial charge is 0.408 e. The summed E-state index contributed by atoms with van der Waals surface area (Å²) in [6.07, 6.45) is -0.310. The van der Waals surface area contributed by atoms with Gasteiger partial charge in [-0.1, -0.05) is 77.8 Å². The van der Waals surface area contributed by atoms with Gasteiger partial charge in [-0.3, -0.25) is 24.0 Å². The number of aliphatic hydroxyl groups is 1. The number of hydrogen-bond donors (Lipinski definition) is 5. The lowest BCUT2D eigenvalue weighted by Gasteiger charge is -2.38. The van der Waals surface area contributed by atoms with Gasteiger partial charge in [0.05, 0.1) is 12.6 Å². The molecule has 2 saturated carbocycles. The van der Waals surface area contributed by atoms with E-state index in [0.29, 0.717) is 18.5 Å². The molecule has 288 valence electrons. The number of fused-ring (bicyclic) bond motifs is 1. The highest BCUT2D eigenvalue weighted by Gasteiger charge is 2.70. The van der Waals surface area contributed by atoms with Gasteiger partial charge in [-0.25, -0.2) is 4.79 Å². The van der Waals surface area contributed by atoms with Crippen LogP contribution < -0.4 is 21.3 Å². The van der Waals surface area contributed by atoms with Crippen LogP contribution in [0.3, 0.4) is 0 Å². The van der Waals surface area contributed by atoms with Crippen molar-refractivity contribution in [2.24, 2.45) is 28.6 Å². The van der Waals surface area contributed by atoms with E-state index >= 15 is 0 Å². The molecule has 3 fully saturated rings. The average molecular weight is 727 g/mol. The van der Waals surface area contributed by atoms with E-state index in [-0.39, 0.29) is 29.1 Å². The van der Waals surface area contributed by atoms with Crippen LogP contribution in [-0.4, -0.2) is 108 Å². The van der Waals surface area contributed by atoms with E-state index in [0.717, 1.165) is 12.8 Å². The predicted octanol–water partition coefficient (Wildman–Crippen LogP) is 2.12. The molecule has 2 aliphatic carbocycles. The molecule has 1 saturated heterocycles. The first-order valence-electron chi connectivity index (χ1n) is 18.1. The van der Waals surface area contributed by atoms with E-state index in [1.54, 1.807) is 65.2 Å². The van der Waals surface area contributed by atoms with Gasteiger partial charge in [0.15, 0.2) is 6.10 Å². The molecule has 52 heavy (non-hydrogen) atoms. The van der Waals surface area contributed by atoms with Crippen molar-refractivity contribution in [3.05, 3.63) is 35.9 Å². The summed E-state index contributed by atoms with van der Waals surface area (Å²) in [5.41, 5.74) is -1.13. The number of piperidine rings is 1. The molecule has 0 aromatic heterocycles. The van der Waals surface area contributed by atoms with Crippen molar-refractivity contribution in [3.8, 4) is 0 Å². The van der Waals surface area contributed by atoms with Crippen LogP contribution in [0.4, 0.5) is 4.79 Å². The number of amides is 6. The minimum atomic E-state index is -1.68. The number of hydrogen-bond acceptors (Lipinski definition) is 8. The molecule has 1 heterocycles. The van der Waals surface area contributed by atoms with Crippen LogP contribution in [0.2, 0.25) is 0 Å². The molecule has 14 heteroatoms. The number of alkyl carbamates (subject to hydrolysis) is 1. The van der Waals surface area contributed by atoms with Gasteiger partial charge in [0.25, 0.3) is 5.91 Å². The third-order valence-corrected chi connectivity index (χ3v) is 10.3. The van der Waals surface area contributed by atoms with Gasteiger partial charge in [-0.15, -0.1) is 0 Å². The van der Waals surface area contributed by atoms with Gasteiger partial charge in [0.2, 0.25) is 23.6 Å². The van der Waals surface area contributed by atoms with Crippen LogP contribution in [0.25, 0.3) is 0 Å². The Morgan fingerprint density at radius 1 is 0.962 bits per heavy atom. The number of nitrogens with one attached hydrogen (secondary N) is 4. The highest BCUT2D eigenvalue weighted by atomic mass is 16.6. The maximum Gasteiger partial charge on any atom is 0.408 e. The standard InChI is InChI=1S/C38H58N6O8/c1-36(2,3)30(42-35(51)52-37(4,5)6)34(50)44-20-23-26(38(23,7)8)28(44)31(47)40-24(18-21-16-17-21)29(46)32(48)39-19-25(45)41-27(33(49)43(9)10)22-14-12-11-13-15-22/h11-15,21,23-24,26-30,46H,16-20H2,1-10H3,(H,39,48)(H,40,47)(H,41,45)(H,42,51)/t23?,24?,26?,27-,28-,29?,30?/m0/s1. The Hall–Kier alpha value is -4.20. The van der Waals surface area contributed by atoms with Crippen molar-refractivity contribution >= 4 is 35.6 Å². The van der Waals surface area contributed by atoms with Crippen molar-refractivity contribution in [3.63, 3.8) is 0 Å². The van der Waals surface area contributed by atoms with E-state index in [9.17, 15) is 33.9 Å². The Morgan fingerprint density at radius 3 is 2.12 bits per heavy atom. The van der Waals surface area contributed by atoms with Gasteiger partial charge < -0.3 is 40.9 Å². The number of carbonyl (C=O) groups excluding carboxylic acids is 6. The summed E-state index contributed by atoms with van der Waals surface area (Å²) in [5.74, 6) is -2.63. The number of carbonyl (C=O) groups is 6. The fourth-order valence-electron chi connectivity index (χ4n) is 7.16. The first kappa shape index (κ1) is 40.6. The van der Waals surface area contributed by atoms with E-state index in [1.165, 1.54) is 9.80 Å². The first-order chi connectivity index (χ1) is 24.0. The summed E-state index contributed by atoms with van der Waals surface area (Å²) in [6.45, 7) is 14.6. The molecule has 1 aromatic carbocycles. The topological polar surface area (TPSA) is 186 Å². The quantitative estimate of drug-likeness (QED) is 0.205. The Balaban J connectivity index is 1.46. The second-order valence-corrected chi connectivity index (χ2v) is 17.4. The molecule has 4 rings (SSSR count). The van der Waals surface area contributed by atoms with Crippen LogP contribution in [0.5, 0.6) is 0 Å². The summed E-state index contributed by atoms with van der Waals surface area (Å²) in [6, 6.07) is 4.89. The molecule has 0 spiro atoms. The number of likely N-dealkylation sites (tertiary alicyclic amines) is 1. The number of rotatable bonds is 13. The highest BCUT2D eigenvalue weighted by Crippen LogP contribution is 2.65. The molecule has 7 atom stereocenters. The van der Waals surface area contributed by atoms with Gasteiger partial charge in [0.1, 0.15) is 23.7 Å². The maximum absolute atomic E-state index is 14.2. The van der Waals surface area contributed by atoms with Gasteiger partial charge in [0, 0.05) is 20.6 Å². The summed E-state index contributed by atoms with van der Waals surface area (Å²) < 4.78 is 5.44. The summed E-state index contributed by atoms with van der Waals surface area (Å²) in [5, 5.41) is 22.0. The van der Waals surface area contributed by atoms with Crippen molar-refractivity contribution in [2.45, 2.75) is 111 Å². The number of aliphatic hydroxyl groups excluding tert-OH is 1. The van der Waals surface area contributed by atoms with Crippen LogP contribution in [0.1, 0.15) is 86.3 Å². The van der Waals surface area contributed by atoms with Crippen LogP contribution in [0.15, 0.2) is 30.3 Å². The Labute approximate surface area is 307 Å². The van der Waals surface area contributed by atoms with Crippen LogP contribution in [-0.2, 0) is 28.7 Å². The average Bonchev–Trinajstić information content (AvgIpc) is 3.90. The predicted molar refractivity (Wildman–Crippen MR) is 193 cm³/mol. The molecule has 14 nitrogen and oxygen atoms in total. The van der Waals surface area contributed by atoms with E-state index in [2.05, 4.69) is 21.3 Å². The van der Waals surface area contributed by atoms with Crippen LogP contribution >= 0.6 is 0 Å². The van der Waals surface area contributed by atoms with Crippen molar-refractivity contribution < 1.29 is 38.6 Å². The van der Waals surface area contributed by atoms with Gasteiger partial charge >= 0.3 is 6.09 Å². The lowest BCUT2D eigenvalue weighted by Crippen LogP contribution is -2.61.